The predicted molar refractivity (Wildman–Crippen MR) is 55.8 cm³/mol. The van der Waals surface area contributed by atoms with Crippen molar-refractivity contribution < 1.29 is 19.4 Å². The van der Waals surface area contributed by atoms with Crippen LogP contribution in [0.2, 0.25) is 0 Å². The Kier molecular flexibility index (Phi) is 3.47. The molecule has 0 fully saturated rings. The van der Waals surface area contributed by atoms with Crippen molar-refractivity contribution in [2.24, 2.45) is 5.41 Å². The molecule has 1 heterocycles. The molecule has 1 rings (SSSR count). The van der Waals surface area contributed by atoms with Crippen molar-refractivity contribution >= 4 is 23.3 Å². The highest BCUT2D eigenvalue weighted by Gasteiger charge is 2.42. The maximum absolute atomic E-state index is 11.4. The number of aliphatic carboxylic acids is 1. The molecule has 1 atom stereocenters. The Morgan fingerprint density at radius 2 is 2.27 bits per heavy atom. The largest absolute Gasteiger partial charge is 0.480 e. The summed E-state index contributed by atoms with van der Waals surface area (Å²) in [6, 6.07) is 3.62. The van der Waals surface area contributed by atoms with Crippen LogP contribution in [0.25, 0.3) is 0 Å². The summed E-state index contributed by atoms with van der Waals surface area (Å²) >= 11 is 1.42. The van der Waals surface area contributed by atoms with Gasteiger partial charge in [-0.05, 0) is 18.4 Å². The van der Waals surface area contributed by atoms with Gasteiger partial charge in [0.1, 0.15) is 0 Å². The van der Waals surface area contributed by atoms with Crippen molar-refractivity contribution in [3.63, 3.8) is 0 Å². The number of carbonyl (C=O) groups excluding carboxylic acids is 1. The normalized spacial score (nSPS) is 14.3. The molecule has 0 bridgehead atoms. The van der Waals surface area contributed by atoms with Gasteiger partial charge < -0.3 is 9.84 Å². The maximum atomic E-state index is 11.4. The number of carbonyl (C=O) groups is 2. The Labute approximate surface area is 91.5 Å². The van der Waals surface area contributed by atoms with Crippen molar-refractivity contribution in [2.75, 3.05) is 7.11 Å². The van der Waals surface area contributed by atoms with E-state index in [1.807, 2.05) is 11.4 Å². The van der Waals surface area contributed by atoms with E-state index in [9.17, 15) is 9.59 Å². The molecule has 5 heteroatoms. The van der Waals surface area contributed by atoms with E-state index in [1.54, 1.807) is 6.07 Å². The average Bonchev–Trinajstić information content (AvgIpc) is 2.68. The van der Waals surface area contributed by atoms with Gasteiger partial charge in [0.2, 0.25) is 0 Å². The van der Waals surface area contributed by atoms with E-state index in [1.165, 1.54) is 25.4 Å². The summed E-state index contributed by atoms with van der Waals surface area (Å²) < 4.78 is 4.51. The molecule has 0 aliphatic heterocycles. The van der Waals surface area contributed by atoms with Gasteiger partial charge in [0.15, 0.2) is 5.41 Å². The van der Waals surface area contributed by atoms with Crippen molar-refractivity contribution in [3.05, 3.63) is 22.4 Å². The first-order chi connectivity index (χ1) is 7.00. The summed E-state index contributed by atoms with van der Waals surface area (Å²) in [5.41, 5.74) is -1.50. The third-order valence-corrected chi connectivity index (χ3v) is 3.09. The fraction of sp³-hybridized carbons (Fsp3) is 0.400. The van der Waals surface area contributed by atoms with Crippen LogP contribution in [0.3, 0.4) is 0 Å². The second-order valence-corrected chi connectivity index (χ2v) is 4.42. The first-order valence-electron chi connectivity index (χ1n) is 4.35. The van der Waals surface area contributed by atoms with Gasteiger partial charge in [0.05, 0.1) is 7.11 Å². The second kappa shape index (κ2) is 4.44. The monoisotopic (exact) mass is 228 g/mol. The molecule has 1 N–H and O–H groups in total. The van der Waals surface area contributed by atoms with Gasteiger partial charge in [-0.1, -0.05) is 6.07 Å². The predicted octanol–water partition coefficient (Wildman–Crippen LogP) is 1.55. The van der Waals surface area contributed by atoms with E-state index in [0.717, 1.165) is 4.88 Å². The quantitative estimate of drug-likeness (QED) is 0.627. The standard InChI is InChI=1S/C10H12O4S/c1-10(8(11)12,9(13)14-2)6-7-4-3-5-15-7/h3-5H,6H2,1-2H3,(H,11,12)/t10-/m1/s1. The minimum atomic E-state index is -1.50. The number of hydrogen-bond acceptors (Lipinski definition) is 4. The van der Waals surface area contributed by atoms with Gasteiger partial charge in [-0.25, -0.2) is 0 Å². The van der Waals surface area contributed by atoms with E-state index in [-0.39, 0.29) is 6.42 Å². The lowest BCUT2D eigenvalue weighted by Gasteiger charge is -2.20. The average molecular weight is 228 g/mol. The van der Waals surface area contributed by atoms with E-state index < -0.39 is 17.4 Å². The van der Waals surface area contributed by atoms with Crippen LogP contribution in [0.4, 0.5) is 0 Å². The Bertz CT molecular complexity index is 358. The lowest BCUT2D eigenvalue weighted by atomic mass is 9.86. The van der Waals surface area contributed by atoms with Gasteiger partial charge in [-0.15, -0.1) is 11.3 Å². The van der Waals surface area contributed by atoms with Crippen molar-refractivity contribution in [2.45, 2.75) is 13.3 Å². The molecule has 0 saturated heterocycles. The summed E-state index contributed by atoms with van der Waals surface area (Å²) in [4.78, 5) is 23.3. The van der Waals surface area contributed by atoms with E-state index in [4.69, 9.17) is 5.11 Å². The molecular formula is C10H12O4S. The van der Waals surface area contributed by atoms with Crippen molar-refractivity contribution in [1.29, 1.82) is 0 Å². The molecule has 0 aromatic carbocycles. The van der Waals surface area contributed by atoms with E-state index in [0.29, 0.717) is 0 Å². The molecule has 0 saturated carbocycles. The minimum Gasteiger partial charge on any atom is -0.480 e. The Hall–Kier alpha value is -1.36. The molecule has 0 aliphatic rings. The number of hydrogen-bond donors (Lipinski definition) is 1. The molecule has 1 aromatic heterocycles. The van der Waals surface area contributed by atoms with Crippen LogP contribution in [0.5, 0.6) is 0 Å². The molecule has 1 aromatic rings. The fourth-order valence-corrected chi connectivity index (χ4v) is 2.08. The zero-order valence-electron chi connectivity index (χ0n) is 8.52. The lowest BCUT2D eigenvalue weighted by molar-refractivity contribution is -0.165. The summed E-state index contributed by atoms with van der Waals surface area (Å²) in [5, 5.41) is 10.9. The Morgan fingerprint density at radius 1 is 1.60 bits per heavy atom. The van der Waals surface area contributed by atoms with Crippen LogP contribution in [0, 0.1) is 5.41 Å². The first-order valence-corrected chi connectivity index (χ1v) is 5.23. The number of carboxylic acids is 1. The molecule has 4 nitrogen and oxygen atoms in total. The lowest BCUT2D eigenvalue weighted by Crippen LogP contribution is -2.39. The number of ether oxygens (including phenoxy) is 1. The first kappa shape index (κ1) is 11.7. The summed E-state index contributed by atoms with van der Waals surface area (Å²) in [5.74, 6) is -1.88. The zero-order valence-corrected chi connectivity index (χ0v) is 9.34. The highest BCUT2D eigenvalue weighted by atomic mass is 32.1. The Balaban J connectivity index is 2.92. The molecule has 82 valence electrons. The fourth-order valence-electron chi connectivity index (χ4n) is 1.22. The number of rotatable bonds is 4. The molecule has 0 amide bonds. The van der Waals surface area contributed by atoms with Crippen LogP contribution in [-0.4, -0.2) is 24.2 Å². The maximum Gasteiger partial charge on any atom is 0.323 e. The molecular weight excluding hydrogens is 216 g/mol. The van der Waals surface area contributed by atoms with Gasteiger partial charge in [-0.3, -0.25) is 9.59 Å². The number of carboxylic acid groups (broad SMARTS) is 1. The highest BCUT2D eigenvalue weighted by molar-refractivity contribution is 7.09. The van der Waals surface area contributed by atoms with Gasteiger partial charge >= 0.3 is 11.9 Å². The van der Waals surface area contributed by atoms with E-state index >= 15 is 0 Å². The molecule has 0 radical (unpaired) electrons. The summed E-state index contributed by atoms with van der Waals surface area (Å²) in [7, 11) is 1.19. The Morgan fingerprint density at radius 3 is 2.67 bits per heavy atom. The summed E-state index contributed by atoms with van der Waals surface area (Å²) in [6.07, 6.45) is 0.159. The molecule has 0 unspecified atom stereocenters. The smallest absolute Gasteiger partial charge is 0.323 e. The number of esters is 1. The van der Waals surface area contributed by atoms with Crippen LogP contribution < -0.4 is 0 Å². The van der Waals surface area contributed by atoms with Crippen LogP contribution in [-0.2, 0) is 20.7 Å². The zero-order chi connectivity index (χ0) is 11.5. The van der Waals surface area contributed by atoms with Gasteiger partial charge in [0.25, 0.3) is 0 Å². The summed E-state index contributed by atoms with van der Waals surface area (Å²) in [6.45, 7) is 1.38. The van der Waals surface area contributed by atoms with Gasteiger partial charge in [0, 0.05) is 11.3 Å². The number of methoxy groups -OCH3 is 1. The molecule has 0 spiro atoms. The minimum absolute atomic E-state index is 0.159. The third-order valence-electron chi connectivity index (χ3n) is 2.22. The number of thiophene rings is 1. The van der Waals surface area contributed by atoms with Gasteiger partial charge in [-0.2, -0.15) is 0 Å². The van der Waals surface area contributed by atoms with Crippen LogP contribution in [0.15, 0.2) is 17.5 Å². The molecule has 0 aliphatic carbocycles. The second-order valence-electron chi connectivity index (χ2n) is 3.38. The van der Waals surface area contributed by atoms with E-state index in [2.05, 4.69) is 4.74 Å². The third kappa shape index (κ3) is 2.36. The van der Waals surface area contributed by atoms with Crippen molar-refractivity contribution in [3.8, 4) is 0 Å². The topological polar surface area (TPSA) is 63.6 Å². The molecule has 15 heavy (non-hydrogen) atoms. The van der Waals surface area contributed by atoms with Crippen LogP contribution >= 0.6 is 11.3 Å². The van der Waals surface area contributed by atoms with Crippen molar-refractivity contribution in [1.82, 2.24) is 0 Å². The SMILES string of the molecule is COC(=O)[C@](C)(Cc1cccs1)C(=O)O. The highest BCUT2D eigenvalue weighted by Crippen LogP contribution is 2.26. The van der Waals surface area contributed by atoms with Crippen LogP contribution in [0.1, 0.15) is 11.8 Å².